The monoisotopic (exact) mass is 223 g/mol. The first kappa shape index (κ1) is 12.5. The van der Waals surface area contributed by atoms with E-state index in [1.165, 1.54) is 0 Å². The van der Waals surface area contributed by atoms with Crippen molar-refractivity contribution in [3.05, 3.63) is 0 Å². The number of hydrogen-bond acceptors (Lipinski definition) is 3. The summed E-state index contributed by atoms with van der Waals surface area (Å²) in [5.41, 5.74) is 5.23. The van der Waals surface area contributed by atoms with Gasteiger partial charge in [0, 0.05) is 13.1 Å². The Morgan fingerprint density at radius 2 is 2.31 bits per heavy atom. The van der Waals surface area contributed by atoms with Gasteiger partial charge in [-0.2, -0.15) is 5.26 Å². The summed E-state index contributed by atoms with van der Waals surface area (Å²) >= 11 is 0. The quantitative estimate of drug-likeness (QED) is 0.744. The average molecular weight is 223 g/mol. The van der Waals surface area contributed by atoms with Crippen LogP contribution in [-0.2, 0) is 9.59 Å². The van der Waals surface area contributed by atoms with Crippen molar-refractivity contribution in [3.8, 4) is 6.07 Å². The number of likely N-dealkylation sites (tertiary alicyclic amines) is 1. The van der Waals surface area contributed by atoms with Crippen LogP contribution in [0.25, 0.3) is 0 Å². The molecule has 2 amide bonds. The maximum absolute atomic E-state index is 11.9. The zero-order chi connectivity index (χ0) is 12.1. The van der Waals surface area contributed by atoms with Gasteiger partial charge in [0.1, 0.15) is 5.92 Å². The van der Waals surface area contributed by atoms with Crippen molar-refractivity contribution < 1.29 is 9.59 Å². The van der Waals surface area contributed by atoms with Crippen LogP contribution in [0.3, 0.4) is 0 Å². The number of amides is 2. The molecule has 1 heterocycles. The number of primary amides is 1. The predicted octanol–water partition coefficient (Wildman–Crippen LogP) is 0.260. The zero-order valence-electron chi connectivity index (χ0n) is 9.48. The van der Waals surface area contributed by atoms with E-state index < -0.39 is 5.92 Å². The Morgan fingerprint density at radius 3 is 2.81 bits per heavy atom. The largest absolute Gasteiger partial charge is 0.369 e. The molecule has 2 N–H and O–H groups in total. The van der Waals surface area contributed by atoms with E-state index in [9.17, 15) is 9.59 Å². The van der Waals surface area contributed by atoms with Crippen LogP contribution in [0.4, 0.5) is 0 Å². The molecule has 0 spiro atoms. The van der Waals surface area contributed by atoms with Crippen molar-refractivity contribution in [2.75, 3.05) is 13.1 Å². The second-order valence-electron chi connectivity index (χ2n) is 4.12. The predicted molar refractivity (Wildman–Crippen MR) is 57.9 cm³/mol. The highest BCUT2D eigenvalue weighted by molar-refractivity contribution is 5.83. The number of nitrogens with zero attached hydrogens (tertiary/aromatic N) is 2. The van der Waals surface area contributed by atoms with Crippen molar-refractivity contribution >= 4 is 11.8 Å². The van der Waals surface area contributed by atoms with Gasteiger partial charge in [0.05, 0.1) is 12.0 Å². The summed E-state index contributed by atoms with van der Waals surface area (Å²) in [6.07, 6.45) is 2.02. The number of nitrogens with two attached hydrogens (primary N) is 1. The summed E-state index contributed by atoms with van der Waals surface area (Å²) in [4.78, 5) is 24.5. The fourth-order valence-corrected chi connectivity index (χ4v) is 1.95. The summed E-state index contributed by atoms with van der Waals surface area (Å²) in [7, 11) is 0. The van der Waals surface area contributed by atoms with Gasteiger partial charge in [-0.3, -0.25) is 9.59 Å². The Balaban J connectivity index is 2.63. The van der Waals surface area contributed by atoms with Crippen LogP contribution in [0.2, 0.25) is 0 Å². The molecule has 0 bridgehead atoms. The molecule has 1 aliphatic heterocycles. The van der Waals surface area contributed by atoms with E-state index in [4.69, 9.17) is 11.0 Å². The molecular formula is C11H17N3O2. The first-order valence-corrected chi connectivity index (χ1v) is 5.57. The molecule has 0 aromatic rings. The van der Waals surface area contributed by atoms with Crippen molar-refractivity contribution in [3.63, 3.8) is 0 Å². The molecule has 0 saturated carbocycles. The SMILES string of the molecule is CCC(C#N)C(=O)N1CCCC(C(N)=O)C1. The van der Waals surface area contributed by atoms with Crippen molar-refractivity contribution in [2.24, 2.45) is 17.6 Å². The van der Waals surface area contributed by atoms with Gasteiger partial charge in [0.15, 0.2) is 0 Å². The van der Waals surface area contributed by atoms with Gasteiger partial charge in [0.2, 0.25) is 11.8 Å². The average Bonchev–Trinajstić information content (AvgIpc) is 2.30. The molecule has 1 saturated heterocycles. The Hall–Kier alpha value is -1.57. The van der Waals surface area contributed by atoms with Crippen LogP contribution in [0, 0.1) is 23.2 Å². The Labute approximate surface area is 95.2 Å². The number of nitriles is 1. The molecule has 5 nitrogen and oxygen atoms in total. The van der Waals surface area contributed by atoms with Crippen molar-refractivity contribution in [1.82, 2.24) is 4.90 Å². The lowest BCUT2D eigenvalue weighted by Gasteiger charge is -2.32. The fourth-order valence-electron chi connectivity index (χ4n) is 1.95. The van der Waals surface area contributed by atoms with Gasteiger partial charge in [0.25, 0.3) is 0 Å². The van der Waals surface area contributed by atoms with E-state index in [0.717, 1.165) is 12.8 Å². The van der Waals surface area contributed by atoms with Gasteiger partial charge in [-0.15, -0.1) is 0 Å². The van der Waals surface area contributed by atoms with E-state index in [2.05, 4.69) is 0 Å². The van der Waals surface area contributed by atoms with E-state index >= 15 is 0 Å². The molecule has 5 heteroatoms. The van der Waals surface area contributed by atoms with Crippen LogP contribution in [0.1, 0.15) is 26.2 Å². The maximum atomic E-state index is 11.9. The molecule has 0 aliphatic carbocycles. The topological polar surface area (TPSA) is 87.2 Å². The standard InChI is InChI=1S/C11H17N3O2/c1-2-8(6-12)11(16)14-5-3-4-9(7-14)10(13)15/h8-9H,2-5,7H2,1H3,(H2,13,15). The molecule has 0 aromatic heterocycles. The van der Waals surface area contributed by atoms with E-state index in [-0.39, 0.29) is 17.7 Å². The first-order chi connectivity index (χ1) is 7.60. The minimum absolute atomic E-state index is 0.170. The molecule has 1 rings (SSSR count). The van der Waals surface area contributed by atoms with E-state index in [1.807, 2.05) is 6.07 Å². The second-order valence-corrected chi connectivity index (χ2v) is 4.12. The number of carbonyl (C=O) groups is 2. The van der Waals surface area contributed by atoms with Crippen LogP contribution in [-0.4, -0.2) is 29.8 Å². The van der Waals surface area contributed by atoms with Gasteiger partial charge in [-0.25, -0.2) is 0 Å². The highest BCUT2D eigenvalue weighted by Crippen LogP contribution is 2.18. The molecule has 16 heavy (non-hydrogen) atoms. The number of carbonyl (C=O) groups excluding carboxylic acids is 2. The minimum atomic E-state index is -0.591. The molecular weight excluding hydrogens is 206 g/mol. The van der Waals surface area contributed by atoms with E-state index in [0.29, 0.717) is 19.5 Å². The minimum Gasteiger partial charge on any atom is -0.369 e. The van der Waals surface area contributed by atoms with E-state index in [1.54, 1.807) is 11.8 Å². The molecule has 88 valence electrons. The third kappa shape index (κ3) is 2.72. The summed E-state index contributed by atoms with van der Waals surface area (Å²) in [6.45, 7) is 2.80. The molecule has 1 aliphatic rings. The summed E-state index contributed by atoms with van der Waals surface area (Å²) in [5.74, 6) is -1.38. The van der Waals surface area contributed by atoms with Crippen LogP contribution in [0.15, 0.2) is 0 Å². The van der Waals surface area contributed by atoms with Crippen LogP contribution >= 0.6 is 0 Å². The lowest BCUT2D eigenvalue weighted by atomic mass is 9.96. The second kappa shape index (κ2) is 5.50. The van der Waals surface area contributed by atoms with Crippen molar-refractivity contribution in [2.45, 2.75) is 26.2 Å². The smallest absolute Gasteiger partial charge is 0.239 e. The Morgan fingerprint density at radius 1 is 1.62 bits per heavy atom. The third-order valence-corrected chi connectivity index (χ3v) is 3.00. The van der Waals surface area contributed by atoms with Gasteiger partial charge in [-0.1, -0.05) is 6.92 Å². The van der Waals surface area contributed by atoms with Crippen LogP contribution in [0.5, 0.6) is 0 Å². The molecule has 2 unspecified atom stereocenters. The van der Waals surface area contributed by atoms with Crippen LogP contribution < -0.4 is 5.73 Å². The summed E-state index contributed by atoms with van der Waals surface area (Å²) in [6, 6.07) is 1.99. The molecule has 1 fully saturated rings. The highest BCUT2D eigenvalue weighted by Gasteiger charge is 2.30. The Bertz CT molecular complexity index is 322. The number of piperidine rings is 1. The summed E-state index contributed by atoms with van der Waals surface area (Å²) in [5, 5.41) is 8.81. The highest BCUT2D eigenvalue weighted by atomic mass is 16.2. The fraction of sp³-hybridized carbons (Fsp3) is 0.727. The zero-order valence-corrected chi connectivity index (χ0v) is 9.48. The normalized spacial score (nSPS) is 22.2. The molecule has 0 aromatic carbocycles. The molecule has 0 radical (unpaired) electrons. The third-order valence-electron chi connectivity index (χ3n) is 3.00. The van der Waals surface area contributed by atoms with Crippen molar-refractivity contribution in [1.29, 1.82) is 5.26 Å². The lowest BCUT2D eigenvalue weighted by molar-refractivity contribution is -0.137. The van der Waals surface area contributed by atoms with Gasteiger partial charge >= 0.3 is 0 Å². The van der Waals surface area contributed by atoms with Gasteiger partial charge < -0.3 is 10.6 Å². The first-order valence-electron chi connectivity index (χ1n) is 5.57. The molecule has 2 atom stereocenters. The van der Waals surface area contributed by atoms with Gasteiger partial charge in [-0.05, 0) is 19.3 Å². The summed E-state index contributed by atoms with van der Waals surface area (Å²) < 4.78 is 0. The Kier molecular flexibility index (Phi) is 4.29. The maximum Gasteiger partial charge on any atom is 0.239 e. The number of rotatable bonds is 3. The number of hydrogen-bond donors (Lipinski definition) is 1. The lowest BCUT2D eigenvalue weighted by Crippen LogP contribution is -2.46.